The highest BCUT2D eigenvalue weighted by Gasteiger charge is 2.24. The highest BCUT2D eigenvalue weighted by molar-refractivity contribution is 6.33. The molecular weight excluding hydrogens is 252 g/mol. The third kappa shape index (κ3) is 2.60. The average molecular weight is 269 g/mol. The predicted molar refractivity (Wildman–Crippen MR) is 73.2 cm³/mol. The Morgan fingerprint density at radius 1 is 1.50 bits per heavy atom. The van der Waals surface area contributed by atoms with Crippen LogP contribution < -0.4 is 10.6 Å². The second-order valence-corrected chi connectivity index (χ2v) is 5.64. The minimum absolute atomic E-state index is 0.0197. The minimum atomic E-state index is -0.851. The van der Waals surface area contributed by atoms with Crippen molar-refractivity contribution in [1.82, 2.24) is 0 Å². The zero-order valence-electron chi connectivity index (χ0n) is 10.7. The van der Waals surface area contributed by atoms with Crippen molar-refractivity contribution in [2.75, 3.05) is 10.6 Å². The fraction of sp³-hybridized carbons (Fsp3) is 0.462. The van der Waals surface area contributed by atoms with Gasteiger partial charge in [0, 0.05) is 5.69 Å². The van der Waals surface area contributed by atoms with Crippen molar-refractivity contribution in [1.29, 1.82) is 0 Å². The maximum atomic E-state index is 11.3. The van der Waals surface area contributed by atoms with Crippen molar-refractivity contribution in [2.24, 2.45) is 0 Å². The molecule has 1 amide bonds. The molecule has 1 heterocycles. The first kappa shape index (κ1) is 13.2. The second kappa shape index (κ2) is 4.44. The van der Waals surface area contributed by atoms with E-state index in [-0.39, 0.29) is 11.9 Å². The summed E-state index contributed by atoms with van der Waals surface area (Å²) in [5, 5.41) is 16.4. The first-order valence-corrected chi connectivity index (χ1v) is 6.26. The lowest BCUT2D eigenvalue weighted by Gasteiger charge is -2.28. The van der Waals surface area contributed by atoms with E-state index in [1.165, 1.54) is 0 Å². The molecule has 2 rings (SSSR count). The molecule has 18 heavy (non-hydrogen) atoms. The fourth-order valence-electron chi connectivity index (χ4n) is 1.77. The lowest BCUT2D eigenvalue weighted by Crippen LogP contribution is -2.39. The number of rotatable bonds is 3. The number of halogens is 1. The molecule has 98 valence electrons. The zero-order chi connectivity index (χ0) is 13.5. The standard InChI is InChI=1S/C13H17ClN2O2/c1-7(13(2,3)18)15-11-4-8-5-12(17)16-10(8)6-9(11)14/h4,6-7,15,18H,5H2,1-3H3,(H,16,17). The van der Waals surface area contributed by atoms with E-state index < -0.39 is 5.60 Å². The smallest absolute Gasteiger partial charge is 0.228 e. The number of fused-ring (bicyclic) bond motifs is 1. The molecule has 0 bridgehead atoms. The summed E-state index contributed by atoms with van der Waals surface area (Å²) in [5.74, 6) is -0.0197. The fourth-order valence-corrected chi connectivity index (χ4v) is 1.99. The van der Waals surface area contributed by atoms with Crippen molar-refractivity contribution in [3.8, 4) is 0 Å². The van der Waals surface area contributed by atoms with Crippen LogP contribution in [0, 0.1) is 0 Å². The third-order valence-corrected chi connectivity index (χ3v) is 3.56. The summed E-state index contributed by atoms with van der Waals surface area (Å²) < 4.78 is 0. The summed E-state index contributed by atoms with van der Waals surface area (Å²) in [4.78, 5) is 11.3. The van der Waals surface area contributed by atoms with Gasteiger partial charge in [-0.3, -0.25) is 4.79 Å². The maximum Gasteiger partial charge on any atom is 0.228 e. The minimum Gasteiger partial charge on any atom is -0.388 e. The molecule has 1 aliphatic heterocycles. The van der Waals surface area contributed by atoms with Gasteiger partial charge in [0.2, 0.25) is 5.91 Å². The molecule has 4 nitrogen and oxygen atoms in total. The molecule has 0 saturated carbocycles. The third-order valence-electron chi connectivity index (χ3n) is 3.25. The molecular formula is C13H17ClN2O2. The number of nitrogens with one attached hydrogen (secondary N) is 2. The number of hydrogen-bond acceptors (Lipinski definition) is 3. The van der Waals surface area contributed by atoms with E-state index in [0.29, 0.717) is 11.4 Å². The van der Waals surface area contributed by atoms with E-state index in [4.69, 9.17) is 11.6 Å². The van der Waals surface area contributed by atoms with Gasteiger partial charge in [-0.2, -0.15) is 0 Å². The SMILES string of the molecule is CC(Nc1cc2c(cc1Cl)NC(=O)C2)C(C)(C)O. The normalized spacial score (nSPS) is 16.2. The number of benzene rings is 1. The van der Waals surface area contributed by atoms with Crippen LogP contribution in [0.25, 0.3) is 0 Å². The molecule has 0 fully saturated rings. The summed E-state index contributed by atoms with van der Waals surface area (Å²) >= 11 is 6.15. The Balaban J connectivity index is 2.25. The van der Waals surface area contributed by atoms with Gasteiger partial charge < -0.3 is 15.7 Å². The molecule has 1 unspecified atom stereocenters. The van der Waals surface area contributed by atoms with Gasteiger partial charge in [-0.05, 0) is 38.5 Å². The number of aliphatic hydroxyl groups is 1. The van der Waals surface area contributed by atoms with Gasteiger partial charge >= 0.3 is 0 Å². The summed E-state index contributed by atoms with van der Waals surface area (Å²) in [6.07, 6.45) is 0.373. The average Bonchev–Trinajstić information content (AvgIpc) is 2.56. The first-order chi connectivity index (χ1) is 8.27. The van der Waals surface area contributed by atoms with Crippen LogP contribution in [0.2, 0.25) is 5.02 Å². The topological polar surface area (TPSA) is 61.4 Å². The van der Waals surface area contributed by atoms with Crippen LogP contribution in [0.4, 0.5) is 11.4 Å². The Kier molecular flexibility index (Phi) is 3.25. The molecule has 1 aliphatic rings. The van der Waals surface area contributed by atoms with Gasteiger partial charge in [0.15, 0.2) is 0 Å². The van der Waals surface area contributed by atoms with Gasteiger partial charge in [-0.15, -0.1) is 0 Å². The van der Waals surface area contributed by atoms with Crippen molar-refractivity contribution >= 4 is 28.9 Å². The van der Waals surface area contributed by atoms with Gasteiger partial charge in [0.25, 0.3) is 0 Å². The van der Waals surface area contributed by atoms with Gasteiger partial charge in [-0.25, -0.2) is 0 Å². The van der Waals surface area contributed by atoms with Crippen LogP contribution in [0.1, 0.15) is 26.3 Å². The quantitative estimate of drug-likeness (QED) is 0.789. The molecule has 1 aromatic rings. The number of anilines is 2. The molecule has 0 radical (unpaired) electrons. The van der Waals surface area contributed by atoms with Crippen LogP contribution in [0.5, 0.6) is 0 Å². The number of carbonyl (C=O) groups is 1. The van der Waals surface area contributed by atoms with Gasteiger partial charge in [0.1, 0.15) is 0 Å². The lowest BCUT2D eigenvalue weighted by molar-refractivity contribution is -0.115. The molecule has 1 aromatic carbocycles. The van der Waals surface area contributed by atoms with E-state index in [2.05, 4.69) is 10.6 Å². The van der Waals surface area contributed by atoms with Crippen LogP contribution in [0.3, 0.4) is 0 Å². The van der Waals surface area contributed by atoms with E-state index >= 15 is 0 Å². The summed E-state index contributed by atoms with van der Waals surface area (Å²) in [6.45, 7) is 5.35. The largest absolute Gasteiger partial charge is 0.388 e. The number of carbonyl (C=O) groups excluding carboxylic acids is 1. The lowest BCUT2D eigenvalue weighted by atomic mass is 10.0. The molecule has 0 spiro atoms. The van der Waals surface area contributed by atoms with E-state index in [1.54, 1.807) is 19.9 Å². The zero-order valence-corrected chi connectivity index (χ0v) is 11.4. The molecule has 3 N–H and O–H groups in total. The molecule has 5 heteroatoms. The summed E-state index contributed by atoms with van der Waals surface area (Å²) in [6, 6.07) is 3.44. The Morgan fingerprint density at radius 2 is 2.17 bits per heavy atom. The highest BCUT2D eigenvalue weighted by Crippen LogP contribution is 2.33. The Hall–Kier alpha value is -1.26. The Morgan fingerprint density at radius 3 is 2.78 bits per heavy atom. The van der Waals surface area contributed by atoms with Crippen molar-refractivity contribution in [3.05, 3.63) is 22.7 Å². The summed E-state index contributed by atoms with van der Waals surface area (Å²) in [5.41, 5.74) is 1.58. The van der Waals surface area contributed by atoms with E-state index in [0.717, 1.165) is 16.9 Å². The van der Waals surface area contributed by atoms with Crippen LogP contribution in [-0.2, 0) is 11.2 Å². The first-order valence-electron chi connectivity index (χ1n) is 5.88. The molecule has 0 aromatic heterocycles. The number of amides is 1. The van der Waals surface area contributed by atoms with Crippen LogP contribution in [-0.4, -0.2) is 22.7 Å². The second-order valence-electron chi connectivity index (χ2n) is 5.23. The van der Waals surface area contributed by atoms with Crippen molar-refractivity contribution in [2.45, 2.75) is 38.8 Å². The van der Waals surface area contributed by atoms with E-state index in [9.17, 15) is 9.90 Å². The van der Waals surface area contributed by atoms with Gasteiger partial charge in [-0.1, -0.05) is 11.6 Å². The Bertz CT molecular complexity index is 494. The highest BCUT2D eigenvalue weighted by atomic mass is 35.5. The van der Waals surface area contributed by atoms with E-state index in [1.807, 2.05) is 13.0 Å². The monoisotopic (exact) mass is 268 g/mol. The van der Waals surface area contributed by atoms with Crippen LogP contribution in [0.15, 0.2) is 12.1 Å². The molecule has 0 aliphatic carbocycles. The van der Waals surface area contributed by atoms with Crippen LogP contribution >= 0.6 is 11.6 Å². The van der Waals surface area contributed by atoms with Gasteiger partial charge in [0.05, 0.1) is 28.8 Å². The predicted octanol–water partition coefficient (Wildman–Crippen LogP) is 2.41. The molecule has 0 saturated heterocycles. The maximum absolute atomic E-state index is 11.3. The van der Waals surface area contributed by atoms with Crippen molar-refractivity contribution < 1.29 is 9.90 Å². The number of hydrogen-bond donors (Lipinski definition) is 3. The molecule has 1 atom stereocenters. The summed E-state index contributed by atoms with van der Waals surface area (Å²) in [7, 11) is 0. The Labute approximate surface area is 111 Å². The van der Waals surface area contributed by atoms with Crippen molar-refractivity contribution in [3.63, 3.8) is 0 Å².